The Labute approximate surface area is 205 Å². The van der Waals surface area contributed by atoms with Gasteiger partial charge >= 0.3 is 6.18 Å². The topological polar surface area (TPSA) is 64.1 Å². The Morgan fingerprint density at radius 2 is 1.91 bits per heavy atom. The Hall–Kier alpha value is -1.43. The van der Waals surface area contributed by atoms with Gasteiger partial charge in [0, 0.05) is 32.7 Å². The summed E-state index contributed by atoms with van der Waals surface area (Å²) in [6.07, 6.45) is -2.07. The van der Waals surface area contributed by atoms with Crippen LogP contribution in [0.4, 0.5) is 13.2 Å². The molecule has 2 N–H and O–H groups in total. The van der Waals surface area contributed by atoms with Crippen LogP contribution < -0.4 is 20.1 Å². The van der Waals surface area contributed by atoms with E-state index in [1.807, 2.05) is 0 Å². The van der Waals surface area contributed by atoms with E-state index in [0.29, 0.717) is 18.4 Å². The molecule has 10 heteroatoms. The van der Waals surface area contributed by atoms with E-state index in [9.17, 15) is 13.2 Å². The van der Waals surface area contributed by atoms with E-state index in [2.05, 4.69) is 36.4 Å². The van der Waals surface area contributed by atoms with E-state index in [-0.39, 0.29) is 47.0 Å². The summed E-state index contributed by atoms with van der Waals surface area (Å²) >= 11 is 0. The lowest BCUT2D eigenvalue weighted by Crippen LogP contribution is -2.47. The SMILES string of the molecule is CN=C(NCc1ccc(OCC(F)(F)F)c(OC)c1)NCC1CCCOC1C(C)(C)C.I. The average Bonchev–Trinajstić information content (AvgIpc) is 2.71. The van der Waals surface area contributed by atoms with Crippen molar-refractivity contribution in [3.63, 3.8) is 0 Å². The molecule has 32 heavy (non-hydrogen) atoms. The molecule has 0 saturated carbocycles. The van der Waals surface area contributed by atoms with E-state index < -0.39 is 12.8 Å². The van der Waals surface area contributed by atoms with Crippen molar-refractivity contribution in [2.45, 2.75) is 52.4 Å². The molecule has 1 saturated heterocycles. The molecule has 184 valence electrons. The Bertz CT molecular complexity index is 739. The van der Waals surface area contributed by atoms with E-state index in [1.165, 1.54) is 13.2 Å². The zero-order chi connectivity index (χ0) is 23.1. The largest absolute Gasteiger partial charge is 0.493 e. The molecule has 1 aromatic carbocycles. The summed E-state index contributed by atoms with van der Waals surface area (Å²) in [5.41, 5.74) is 0.892. The van der Waals surface area contributed by atoms with Crippen molar-refractivity contribution < 1.29 is 27.4 Å². The first kappa shape index (κ1) is 28.6. The number of benzene rings is 1. The first-order valence-corrected chi connectivity index (χ1v) is 10.5. The van der Waals surface area contributed by atoms with Crippen LogP contribution in [0.25, 0.3) is 0 Å². The van der Waals surface area contributed by atoms with Gasteiger partial charge in [-0.25, -0.2) is 0 Å². The molecular formula is C22H35F3IN3O3. The van der Waals surface area contributed by atoms with Gasteiger partial charge in [0.05, 0.1) is 13.2 Å². The van der Waals surface area contributed by atoms with Crippen molar-refractivity contribution in [2.75, 3.05) is 33.9 Å². The lowest BCUT2D eigenvalue weighted by atomic mass is 9.78. The van der Waals surface area contributed by atoms with Crippen LogP contribution >= 0.6 is 24.0 Å². The van der Waals surface area contributed by atoms with E-state index in [0.717, 1.165) is 31.6 Å². The lowest BCUT2D eigenvalue weighted by molar-refractivity contribution is -0.153. The third kappa shape index (κ3) is 9.21. The fourth-order valence-corrected chi connectivity index (χ4v) is 3.74. The predicted octanol–water partition coefficient (Wildman–Crippen LogP) is 4.76. The molecule has 0 aliphatic carbocycles. The van der Waals surface area contributed by atoms with Gasteiger partial charge in [0.1, 0.15) is 0 Å². The number of ether oxygens (including phenoxy) is 3. The number of hydrogen-bond acceptors (Lipinski definition) is 4. The van der Waals surface area contributed by atoms with Crippen molar-refractivity contribution in [2.24, 2.45) is 16.3 Å². The number of rotatable bonds is 7. The second-order valence-electron chi connectivity index (χ2n) is 8.76. The molecule has 1 aliphatic heterocycles. The summed E-state index contributed by atoms with van der Waals surface area (Å²) in [5.74, 6) is 1.34. The van der Waals surface area contributed by atoms with Gasteiger partial charge < -0.3 is 24.8 Å². The monoisotopic (exact) mass is 573 g/mol. The molecule has 6 nitrogen and oxygen atoms in total. The first-order valence-electron chi connectivity index (χ1n) is 10.5. The third-order valence-corrected chi connectivity index (χ3v) is 5.13. The van der Waals surface area contributed by atoms with Gasteiger partial charge in [-0.1, -0.05) is 26.8 Å². The predicted molar refractivity (Wildman–Crippen MR) is 130 cm³/mol. The number of methoxy groups -OCH3 is 1. The molecule has 0 amide bonds. The number of nitrogens with zero attached hydrogens (tertiary/aromatic N) is 1. The van der Waals surface area contributed by atoms with Crippen LogP contribution in [0.5, 0.6) is 11.5 Å². The molecule has 0 aromatic heterocycles. The van der Waals surface area contributed by atoms with E-state index in [4.69, 9.17) is 14.2 Å². The molecule has 1 fully saturated rings. The molecule has 2 rings (SSSR count). The highest BCUT2D eigenvalue weighted by molar-refractivity contribution is 14.0. The van der Waals surface area contributed by atoms with Gasteiger partial charge in [-0.2, -0.15) is 13.2 Å². The number of alkyl halides is 3. The van der Waals surface area contributed by atoms with Crippen molar-refractivity contribution in [1.82, 2.24) is 10.6 Å². The Morgan fingerprint density at radius 1 is 1.19 bits per heavy atom. The highest BCUT2D eigenvalue weighted by atomic mass is 127. The summed E-state index contributed by atoms with van der Waals surface area (Å²) in [6, 6.07) is 4.82. The smallest absolute Gasteiger partial charge is 0.422 e. The summed E-state index contributed by atoms with van der Waals surface area (Å²) in [7, 11) is 3.09. The molecule has 1 heterocycles. The summed E-state index contributed by atoms with van der Waals surface area (Å²) in [5, 5.41) is 6.59. The summed E-state index contributed by atoms with van der Waals surface area (Å²) in [6.45, 7) is 7.19. The molecule has 2 atom stereocenters. The van der Waals surface area contributed by atoms with Crippen LogP contribution in [0.2, 0.25) is 0 Å². The molecule has 0 spiro atoms. The number of halogens is 4. The molecule has 1 aliphatic rings. The molecule has 0 bridgehead atoms. The lowest BCUT2D eigenvalue weighted by Gasteiger charge is -2.40. The Kier molecular flexibility index (Phi) is 11.4. The zero-order valence-electron chi connectivity index (χ0n) is 19.3. The molecule has 2 unspecified atom stereocenters. The van der Waals surface area contributed by atoms with Gasteiger partial charge in [-0.3, -0.25) is 4.99 Å². The van der Waals surface area contributed by atoms with Crippen LogP contribution in [0.1, 0.15) is 39.2 Å². The number of nitrogens with one attached hydrogen (secondary N) is 2. The van der Waals surface area contributed by atoms with Gasteiger partial charge in [0.25, 0.3) is 0 Å². The number of hydrogen-bond donors (Lipinski definition) is 2. The molecule has 0 radical (unpaired) electrons. The van der Waals surface area contributed by atoms with Gasteiger partial charge in [0.15, 0.2) is 24.1 Å². The van der Waals surface area contributed by atoms with Crippen LogP contribution in [-0.2, 0) is 11.3 Å². The minimum absolute atomic E-state index is 0. The summed E-state index contributed by atoms with van der Waals surface area (Å²) < 4.78 is 53.2. The number of aliphatic imine (C=N–C) groups is 1. The highest BCUT2D eigenvalue weighted by Gasteiger charge is 2.35. The quantitative estimate of drug-likeness (QED) is 0.280. The first-order chi connectivity index (χ1) is 14.5. The van der Waals surface area contributed by atoms with Crippen molar-refractivity contribution in [1.29, 1.82) is 0 Å². The summed E-state index contributed by atoms with van der Waals surface area (Å²) in [4.78, 5) is 4.26. The van der Waals surface area contributed by atoms with Crippen LogP contribution in [0.3, 0.4) is 0 Å². The average molecular weight is 573 g/mol. The highest BCUT2D eigenvalue weighted by Crippen LogP contribution is 2.33. The van der Waals surface area contributed by atoms with Crippen LogP contribution in [0.15, 0.2) is 23.2 Å². The maximum atomic E-state index is 12.4. The molecule has 1 aromatic rings. The number of guanidine groups is 1. The maximum Gasteiger partial charge on any atom is 0.422 e. The van der Waals surface area contributed by atoms with Crippen molar-refractivity contribution >= 4 is 29.9 Å². The van der Waals surface area contributed by atoms with Gasteiger partial charge in [-0.15, -0.1) is 24.0 Å². The Balaban J connectivity index is 0.00000512. The van der Waals surface area contributed by atoms with Crippen molar-refractivity contribution in [3.8, 4) is 11.5 Å². The van der Waals surface area contributed by atoms with Gasteiger partial charge in [0.2, 0.25) is 0 Å². The molecular weight excluding hydrogens is 538 g/mol. The van der Waals surface area contributed by atoms with E-state index in [1.54, 1.807) is 19.2 Å². The second kappa shape index (κ2) is 12.7. The maximum absolute atomic E-state index is 12.4. The zero-order valence-corrected chi connectivity index (χ0v) is 21.7. The normalized spacial score (nSPS) is 19.7. The standard InChI is InChI=1S/C22H34F3N3O3.HI/c1-21(2,3)19-16(7-6-10-30-19)13-28-20(26-4)27-12-15-8-9-17(18(11-15)29-5)31-14-22(23,24)25;/h8-9,11,16,19H,6-7,10,12-14H2,1-5H3,(H2,26,27,28);1H. The van der Waals surface area contributed by atoms with E-state index >= 15 is 0 Å². The van der Waals surface area contributed by atoms with Crippen molar-refractivity contribution in [3.05, 3.63) is 23.8 Å². The Morgan fingerprint density at radius 3 is 2.50 bits per heavy atom. The van der Waals surface area contributed by atoms with Gasteiger partial charge in [-0.05, 0) is 36.0 Å². The minimum Gasteiger partial charge on any atom is -0.493 e. The second-order valence-corrected chi connectivity index (χ2v) is 8.76. The fourth-order valence-electron chi connectivity index (χ4n) is 3.74. The van der Waals surface area contributed by atoms with Crippen LogP contribution in [0, 0.1) is 11.3 Å². The third-order valence-electron chi connectivity index (χ3n) is 5.13. The fraction of sp³-hybridized carbons (Fsp3) is 0.682. The minimum atomic E-state index is -4.40. The van der Waals surface area contributed by atoms with Crippen LogP contribution in [-0.4, -0.2) is 52.2 Å².